The maximum atomic E-state index is 10.6. The monoisotopic (exact) mass is 405 g/mol. The van der Waals surface area contributed by atoms with Crippen LogP contribution in [0.25, 0.3) is 0 Å². The lowest BCUT2D eigenvalue weighted by atomic mass is 10.2. The Labute approximate surface area is 155 Å². The molecule has 0 aromatic heterocycles. The molecule has 0 aliphatic carbocycles. The molecule has 6 nitrogen and oxygen atoms in total. The number of ether oxygens (including phenoxy) is 1. The summed E-state index contributed by atoms with van der Waals surface area (Å²) < 4.78 is 5.69. The summed E-state index contributed by atoms with van der Waals surface area (Å²) in [6, 6.07) is 13.3. The third kappa shape index (κ3) is 7.01. The molecule has 0 amide bonds. The van der Waals surface area contributed by atoms with Gasteiger partial charge in [-0.2, -0.15) is 10.2 Å². The van der Waals surface area contributed by atoms with E-state index in [4.69, 9.17) is 4.74 Å². The SMILES string of the molecule is O=[N+]([O-])c1ccc(N=Nc2ccc(OCCCCCCBr)cc2)cc1. The summed E-state index contributed by atoms with van der Waals surface area (Å²) in [7, 11) is 0. The molecule has 0 N–H and O–H groups in total. The van der Waals surface area contributed by atoms with Crippen LogP contribution in [-0.4, -0.2) is 16.9 Å². The summed E-state index contributed by atoms with van der Waals surface area (Å²) in [6.07, 6.45) is 4.65. The van der Waals surface area contributed by atoms with Crippen molar-refractivity contribution in [2.75, 3.05) is 11.9 Å². The molecule has 0 aliphatic rings. The second-order valence-corrected chi connectivity index (χ2v) is 6.21. The van der Waals surface area contributed by atoms with Gasteiger partial charge in [-0.25, -0.2) is 0 Å². The second kappa shape index (κ2) is 10.6. The maximum absolute atomic E-state index is 10.6. The van der Waals surface area contributed by atoms with Crippen molar-refractivity contribution < 1.29 is 9.66 Å². The van der Waals surface area contributed by atoms with E-state index in [-0.39, 0.29) is 5.69 Å². The Balaban J connectivity index is 1.80. The maximum Gasteiger partial charge on any atom is 0.269 e. The van der Waals surface area contributed by atoms with Gasteiger partial charge in [0, 0.05) is 17.5 Å². The third-order valence-corrected chi connectivity index (χ3v) is 4.04. The highest BCUT2D eigenvalue weighted by Gasteiger charge is 2.03. The van der Waals surface area contributed by atoms with E-state index < -0.39 is 4.92 Å². The number of hydrogen-bond acceptors (Lipinski definition) is 5. The fraction of sp³-hybridized carbons (Fsp3) is 0.333. The van der Waals surface area contributed by atoms with Crippen molar-refractivity contribution in [2.24, 2.45) is 10.2 Å². The van der Waals surface area contributed by atoms with E-state index >= 15 is 0 Å². The predicted octanol–water partition coefficient (Wildman–Crippen LogP) is 6.34. The van der Waals surface area contributed by atoms with Crippen molar-refractivity contribution in [3.63, 3.8) is 0 Å². The van der Waals surface area contributed by atoms with Crippen molar-refractivity contribution >= 4 is 33.0 Å². The van der Waals surface area contributed by atoms with Crippen LogP contribution in [0.3, 0.4) is 0 Å². The van der Waals surface area contributed by atoms with Gasteiger partial charge in [-0.05, 0) is 49.2 Å². The number of nitro benzene ring substituents is 1. The first-order valence-corrected chi connectivity index (χ1v) is 9.26. The summed E-state index contributed by atoms with van der Waals surface area (Å²) in [6.45, 7) is 0.714. The van der Waals surface area contributed by atoms with Gasteiger partial charge in [0.1, 0.15) is 5.75 Å². The van der Waals surface area contributed by atoms with Crippen molar-refractivity contribution in [2.45, 2.75) is 25.7 Å². The number of non-ortho nitro benzene ring substituents is 1. The minimum atomic E-state index is -0.443. The van der Waals surface area contributed by atoms with E-state index in [0.717, 1.165) is 17.5 Å². The molecule has 2 aromatic carbocycles. The number of hydrogen-bond donors (Lipinski definition) is 0. The van der Waals surface area contributed by atoms with Crippen LogP contribution in [0.1, 0.15) is 25.7 Å². The molecule has 25 heavy (non-hydrogen) atoms. The van der Waals surface area contributed by atoms with Gasteiger partial charge in [0.25, 0.3) is 5.69 Å². The van der Waals surface area contributed by atoms with Crippen molar-refractivity contribution in [1.82, 2.24) is 0 Å². The second-order valence-electron chi connectivity index (χ2n) is 5.42. The number of benzene rings is 2. The first-order chi connectivity index (χ1) is 12.2. The molecule has 2 rings (SSSR count). The van der Waals surface area contributed by atoms with E-state index in [1.54, 1.807) is 12.1 Å². The molecular weight excluding hydrogens is 386 g/mol. The molecule has 0 radical (unpaired) electrons. The molecule has 7 heteroatoms. The van der Waals surface area contributed by atoms with Gasteiger partial charge in [0.05, 0.1) is 22.9 Å². The van der Waals surface area contributed by atoms with Crippen LogP contribution < -0.4 is 4.74 Å². The summed E-state index contributed by atoms with van der Waals surface area (Å²) in [4.78, 5) is 10.2. The Morgan fingerprint density at radius 2 is 1.44 bits per heavy atom. The minimum absolute atomic E-state index is 0.0349. The van der Waals surface area contributed by atoms with Gasteiger partial charge in [0.15, 0.2) is 0 Å². The zero-order valence-corrected chi connectivity index (χ0v) is 15.4. The van der Waals surface area contributed by atoms with Crippen molar-refractivity contribution in [3.05, 3.63) is 58.6 Å². The molecule has 0 unspecified atom stereocenters. The average molecular weight is 406 g/mol. The fourth-order valence-electron chi connectivity index (χ4n) is 2.11. The molecule has 0 heterocycles. The predicted molar refractivity (Wildman–Crippen MR) is 101 cm³/mol. The lowest BCUT2D eigenvalue weighted by Gasteiger charge is -2.05. The molecule has 2 aromatic rings. The van der Waals surface area contributed by atoms with Crippen LogP contribution in [0.5, 0.6) is 5.75 Å². The zero-order valence-electron chi connectivity index (χ0n) is 13.8. The van der Waals surface area contributed by atoms with Crippen molar-refractivity contribution in [1.29, 1.82) is 0 Å². The van der Waals surface area contributed by atoms with Gasteiger partial charge < -0.3 is 4.74 Å². The van der Waals surface area contributed by atoms with E-state index in [9.17, 15) is 10.1 Å². The smallest absolute Gasteiger partial charge is 0.269 e. The molecule has 0 aliphatic heterocycles. The zero-order chi connectivity index (χ0) is 17.9. The first kappa shape index (κ1) is 19.1. The van der Waals surface area contributed by atoms with Gasteiger partial charge in [-0.1, -0.05) is 28.8 Å². The number of halogens is 1. The molecule has 132 valence electrons. The number of alkyl halides is 1. The standard InChI is InChI=1S/C18H20BrN3O3/c19-13-3-1-2-4-14-25-18-11-7-16(8-12-18)21-20-15-5-9-17(10-6-15)22(23)24/h5-12H,1-4,13-14H2. The Hall–Kier alpha value is -2.28. The molecule has 0 fully saturated rings. The summed E-state index contributed by atoms with van der Waals surface area (Å²) in [5.74, 6) is 0.815. The van der Waals surface area contributed by atoms with Crippen LogP contribution in [0, 0.1) is 10.1 Å². The molecule has 0 spiro atoms. The molecular formula is C18H20BrN3O3. The highest BCUT2D eigenvalue weighted by Crippen LogP contribution is 2.23. The summed E-state index contributed by atoms with van der Waals surface area (Å²) in [5.41, 5.74) is 1.30. The number of azo groups is 1. The minimum Gasteiger partial charge on any atom is -0.494 e. The van der Waals surface area contributed by atoms with E-state index in [1.165, 1.54) is 31.4 Å². The van der Waals surface area contributed by atoms with E-state index in [1.807, 2.05) is 24.3 Å². The van der Waals surface area contributed by atoms with Gasteiger partial charge >= 0.3 is 0 Å². The Morgan fingerprint density at radius 1 is 0.880 bits per heavy atom. The third-order valence-electron chi connectivity index (χ3n) is 3.47. The average Bonchev–Trinajstić information content (AvgIpc) is 2.64. The highest BCUT2D eigenvalue weighted by atomic mass is 79.9. The molecule has 0 atom stereocenters. The normalized spacial score (nSPS) is 10.9. The number of nitrogens with zero attached hydrogens (tertiary/aromatic N) is 3. The van der Waals surface area contributed by atoms with Gasteiger partial charge in [-0.15, -0.1) is 0 Å². The van der Waals surface area contributed by atoms with Crippen molar-refractivity contribution in [3.8, 4) is 5.75 Å². The lowest BCUT2D eigenvalue weighted by molar-refractivity contribution is -0.384. The van der Waals surface area contributed by atoms with Crippen LogP contribution in [0.15, 0.2) is 58.8 Å². The Kier molecular flexibility index (Phi) is 8.04. The molecule has 0 saturated heterocycles. The van der Waals surface area contributed by atoms with E-state index in [0.29, 0.717) is 18.0 Å². The number of nitro groups is 1. The van der Waals surface area contributed by atoms with Crippen LogP contribution >= 0.6 is 15.9 Å². The van der Waals surface area contributed by atoms with E-state index in [2.05, 4.69) is 26.2 Å². The lowest BCUT2D eigenvalue weighted by Crippen LogP contribution is -1.96. The summed E-state index contributed by atoms with van der Waals surface area (Å²) >= 11 is 3.42. The number of rotatable bonds is 10. The van der Waals surface area contributed by atoms with Gasteiger partial charge in [-0.3, -0.25) is 10.1 Å². The van der Waals surface area contributed by atoms with Crippen LogP contribution in [0.2, 0.25) is 0 Å². The topological polar surface area (TPSA) is 77.1 Å². The Morgan fingerprint density at radius 3 is 2.00 bits per heavy atom. The summed E-state index contributed by atoms with van der Waals surface area (Å²) in [5, 5.41) is 19.8. The fourth-order valence-corrected chi connectivity index (χ4v) is 2.50. The quantitative estimate of drug-likeness (QED) is 0.152. The highest BCUT2D eigenvalue weighted by molar-refractivity contribution is 9.09. The number of unbranched alkanes of at least 4 members (excludes halogenated alkanes) is 3. The van der Waals surface area contributed by atoms with Gasteiger partial charge in [0.2, 0.25) is 0 Å². The Bertz CT molecular complexity index is 688. The first-order valence-electron chi connectivity index (χ1n) is 8.14. The van der Waals surface area contributed by atoms with Crippen LogP contribution in [-0.2, 0) is 0 Å². The molecule has 0 bridgehead atoms. The van der Waals surface area contributed by atoms with Crippen LogP contribution in [0.4, 0.5) is 17.1 Å². The molecule has 0 saturated carbocycles. The largest absolute Gasteiger partial charge is 0.494 e.